The van der Waals surface area contributed by atoms with Gasteiger partial charge < -0.3 is 0 Å². The van der Waals surface area contributed by atoms with Crippen molar-refractivity contribution in [3.05, 3.63) is 35.9 Å². The summed E-state index contributed by atoms with van der Waals surface area (Å²) in [6, 6.07) is 10.2. The van der Waals surface area contributed by atoms with Crippen molar-refractivity contribution in [1.29, 1.82) is 0 Å². The maximum atomic E-state index is 10.7. The third-order valence-electron chi connectivity index (χ3n) is 2.08. The predicted molar refractivity (Wildman–Crippen MR) is 69.8 cm³/mol. The molecule has 0 saturated heterocycles. The van der Waals surface area contributed by atoms with E-state index in [1.807, 2.05) is 30.0 Å². The van der Waals surface area contributed by atoms with Crippen molar-refractivity contribution in [2.24, 2.45) is 5.14 Å². The fraction of sp³-hybridized carbons (Fsp3) is 0.455. The van der Waals surface area contributed by atoms with Gasteiger partial charge in [-0.05, 0) is 24.2 Å². The second-order valence-electron chi connectivity index (χ2n) is 3.61. The summed E-state index contributed by atoms with van der Waals surface area (Å²) in [4.78, 5) is 0. The van der Waals surface area contributed by atoms with Crippen LogP contribution in [-0.4, -0.2) is 19.9 Å². The number of rotatable bonds is 7. The van der Waals surface area contributed by atoms with Crippen LogP contribution in [0.4, 0.5) is 0 Å². The number of hydrogen-bond donors (Lipinski definition) is 1. The van der Waals surface area contributed by atoms with Gasteiger partial charge in [0.1, 0.15) is 0 Å². The Labute approximate surface area is 101 Å². The highest BCUT2D eigenvalue weighted by molar-refractivity contribution is 7.98. The molecule has 0 aliphatic carbocycles. The Morgan fingerprint density at radius 2 is 1.81 bits per heavy atom. The van der Waals surface area contributed by atoms with Gasteiger partial charge >= 0.3 is 0 Å². The average molecular weight is 259 g/mol. The molecule has 3 nitrogen and oxygen atoms in total. The molecule has 1 aromatic carbocycles. The quantitative estimate of drug-likeness (QED) is 0.762. The zero-order valence-electron chi connectivity index (χ0n) is 9.13. The summed E-state index contributed by atoms with van der Waals surface area (Å²) in [6.45, 7) is 0. The number of nitrogens with two attached hydrogens (primary N) is 1. The van der Waals surface area contributed by atoms with Crippen LogP contribution in [0.25, 0.3) is 0 Å². The molecule has 0 aromatic heterocycles. The van der Waals surface area contributed by atoms with E-state index in [1.165, 1.54) is 5.56 Å². The van der Waals surface area contributed by atoms with Crippen molar-refractivity contribution in [3.63, 3.8) is 0 Å². The number of benzene rings is 1. The van der Waals surface area contributed by atoms with E-state index in [-0.39, 0.29) is 5.75 Å². The Hall–Kier alpha value is -0.520. The van der Waals surface area contributed by atoms with Crippen LogP contribution in [-0.2, 0) is 15.8 Å². The summed E-state index contributed by atoms with van der Waals surface area (Å²) < 4.78 is 21.3. The largest absolute Gasteiger partial charge is 0.229 e. The molecule has 0 aliphatic rings. The van der Waals surface area contributed by atoms with Crippen LogP contribution >= 0.6 is 11.8 Å². The highest BCUT2D eigenvalue weighted by atomic mass is 32.2. The average Bonchev–Trinajstić information content (AvgIpc) is 2.23. The first-order valence-electron chi connectivity index (χ1n) is 5.20. The van der Waals surface area contributed by atoms with Gasteiger partial charge in [-0.1, -0.05) is 30.3 Å². The molecule has 2 N–H and O–H groups in total. The van der Waals surface area contributed by atoms with E-state index in [0.29, 0.717) is 6.42 Å². The van der Waals surface area contributed by atoms with Gasteiger partial charge in [0.05, 0.1) is 5.75 Å². The van der Waals surface area contributed by atoms with Crippen LogP contribution in [0.5, 0.6) is 0 Å². The van der Waals surface area contributed by atoms with Crippen molar-refractivity contribution in [1.82, 2.24) is 0 Å². The fourth-order valence-corrected chi connectivity index (χ4v) is 2.86. The summed E-state index contributed by atoms with van der Waals surface area (Å²) in [5.41, 5.74) is 1.30. The first-order chi connectivity index (χ1) is 7.58. The Bertz CT molecular complexity index is 390. The maximum absolute atomic E-state index is 10.7. The summed E-state index contributed by atoms with van der Waals surface area (Å²) in [6.07, 6.45) is 1.55. The first-order valence-corrected chi connectivity index (χ1v) is 8.07. The lowest BCUT2D eigenvalue weighted by molar-refractivity contribution is 0.594. The molecule has 0 unspecified atom stereocenters. The fourth-order valence-electron chi connectivity index (χ4n) is 1.27. The zero-order valence-corrected chi connectivity index (χ0v) is 10.8. The van der Waals surface area contributed by atoms with Crippen LogP contribution < -0.4 is 5.14 Å². The maximum Gasteiger partial charge on any atom is 0.209 e. The minimum atomic E-state index is -3.27. The van der Waals surface area contributed by atoms with Crippen molar-refractivity contribution in [2.45, 2.75) is 18.6 Å². The lowest BCUT2D eigenvalue weighted by atomic mass is 10.2. The number of unbranched alkanes of at least 4 members (excludes halogenated alkanes) is 1. The molecule has 0 bridgehead atoms. The van der Waals surface area contributed by atoms with Crippen molar-refractivity contribution >= 4 is 21.8 Å². The molecule has 0 amide bonds. The second-order valence-corrected chi connectivity index (χ2v) is 6.45. The van der Waals surface area contributed by atoms with Crippen LogP contribution in [0, 0.1) is 0 Å². The second kappa shape index (κ2) is 6.93. The standard InChI is InChI=1S/C11H17NO2S2/c12-16(13,14)9-5-4-8-15-10-11-6-2-1-3-7-11/h1-3,6-7H,4-5,8-10H2,(H2,12,13,14). The molecule has 0 spiro atoms. The lowest BCUT2D eigenvalue weighted by Gasteiger charge is -2.01. The van der Waals surface area contributed by atoms with Crippen LogP contribution in [0.2, 0.25) is 0 Å². The number of thioether (sulfide) groups is 1. The third-order valence-corrected chi connectivity index (χ3v) is 4.05. The van der Waals surface area contributed by atoms with Gasteiger partial charge in [0, 0.05) is 5.75 Å². The molecule has 0 fully saturated rings. The molecule has 0 saturated carbocycles. The Balaban J connectivity index is 2.05. The van der Waals surface area contributed by atoms with Gasteiger partial charge in [-0.15, -0.1) is 0 Å². The number of sulfonamides is 1. The van der Waals surface area contributed by atoms with Crippen molar-refractivity contribution < 1.29 is 8.42 Å². The predicted octanol–water partition coefficient (Wildman–Crippen LogP) is 1.99. The van der Waals surface area contributed by atoms with E-state index in [4.69, 9.17) is 5.14 Å². The first kappa shape index (κ1) is 13.5. The van der Waals surface area contributed by atoms with Gasteiger partial charge in [0.2, 0.25) is 10.0 Å². The monoisotopic (exact) mass is 259 g/mol. The molecule has 0 radical (unpaired) electrons. The van der Waals surface area contributed by atoms with E-state index in [9.17, 15) is 8.42 Å². The topological polar surface area (TPSA) is 60.2 Å². The third kappa shape index (κ3) is 6.87. The summed E-state index contributed by atoms with van der Waals surface area (Å²) in [7, 11) is -3.27. The summed E-state index contributed by atoms with van der Waals surface area (Å²) in [5.74, 6) is 2.06. The number of hydrogen-bond acceptors (Lipinski definition) is 3. The Kier molecular flexibility index (Phi) is 5.87. The van der Waals surface area contributed by atoms with E-state index in [0.717, 1.165) is 17.9 Å². The molecule has 90 valence electrons. The molecule has 1 aromatic rings. The van der Waals surface area contributed by atoms with E-state index in [2.05, 4.69) is 12.1 Å². The molecule has 0 atom stereocenters. The molecule has 0 aliphatic heterocycles. The minimum absolute atomic E-state index is 0.0961. The highest BCUT2D eigenvalue weighted by Crippen LogP contribution is 2.13. The van der Waals surface area contributed by atoms with Crippen LogP contribution in [0.15, 0.2) is 30.3 Å². The molecular weight excluding hydrogens is 242 g/mol. The number of primary sulfonamides is 1. The van der Waals surface area contributed by atoms with Gasteiger partial charge in [-0.25, -0.2) is 13.6 Å². The molecule has 5 heteroatoms. The zero-order chi connectivity index (χ0) is 11.9. The molecular formula is C11H17NO2S2. The Morgan fingerprint density at radius 3 is 2.44 bits per heavy atom. The minimum Gasteiger partial charge on any atom is -0.229 e. The van der Waals surface area contributed by atoms with E-state index >= 15 is 0 Å². The van der Waals surface area contributed by atoms with Crippen molar-refractivity contribution in [2.75, 3.05) is 11.5 Å². The van der Waals surface area contributed by atoms with Crippen molar-refractivity contribution in [3.8, 4) is 0 Å². The Morgan fingerprint density at radius 1 is 1.12 bits per heavy atom. The summed E-state index contributed by atoms with van der Waals surface area (Å²) in [5, 5.41) is 4.91. The molecule has 16 heavy (non-hydrogen) atoms. The SMILES string of the molecule is NS(=O)(=O)CCCCSCc1ccccc1. The highest BCUT2D eigenvalue weighted by Gasteiger charge is 2.01. The van der Waals surface area contributed by atoms with Crippen LogP contribution in [0.3, 0.4) is 0 Å². The molecule has 0 heterocycles. The lowest BCUT2D eigenvalue weighted by Crippen LogP contribution is -2.16. The van der Waals surface area contributed by atoms with Gasteiger partial charge in [0.15, 0.2) is 0 Å². The van der Waals surface area contributed by atoms with E-state index in [1.54, 1.807) is 0 Å². The van der Waals surface area contributed by atoms with Gasteiger partial charge in [-0.3, -0.25) is 0 Å². The normalized spacial score (nSPS) is 11.6. The van der Waals surface area contributed by atoms with E-state index < -0.39 is 10.0 Å². The summed E-state index contributed by atoms with van der Waals surface area (Å²) >= 11 is 1.82. The van der Waals surface area contributed by atoms with Crippen LogP contribution in [0.1, 0.15) is 18.4 Å². The van der Waals surface area contributed by atoms with Gasteiger partial charge in [0.25, 0.3) is 0 Å². The smallest absolute Gasteiger partial charge is 0.209 e. The molecule has 1 rings (SSSR count). The van der Waals surface area contributed by atoms with Gasteiger partial charge in [-0.2, -0.15) is 11.8 Å².